The Bertz CT molecular complexity index is 491. The van der Waals surface area contributed by atoms with E-state index in [-0.39, 0.29) is 0 Å². The van der Waals surface area contributed by atoms with Crippen molar-refractivity contribution >= 4 is 12.1 Å². The summed E-state index contributed by atoms with van der Waals surface area (Å²) in [7, 11) is 0. The maximum Gasteiger partial charge on any atom is 0.211 e. The van der Waals surface area contributed by atoms with Gasteiger partial charge in [0.1, 0.15) is 0 Å². The molecule has 0 unspecified atom stereocenters. The molecule has 2 rings (SSSR count). The van der Waals surface area contributed by atoms with Gasteiger partial charge in [-0.05, 0) is 35.7 Å². The number of anilines is 1. The zero-order chi connectivity index (χ0) is 11.4. The van der Waals surface area contributed by atoms with Gasteiger partial charge in [0, 0.05) is 5.69 Å². The summed E-state index contributed by atoms with van der Waals surface area (Å²) >= 11 is 0. The molecule has 0 fully saturated rings. The Kier molecular flexibility index (Phi) is 3.01. The van der Waals surface area contributed by atoms with E-state index in [2.05, 4.69) is 23.5 Å². The van der Waals surface area contributed by atoms with Gasteiger partial charge < -0.3 is 5.32 Å². The molecule has 0 aliphatic rings. The molecule has 2 heteroatoms. The van der Waals surface area contributed by atoms with E-state index in [9.17, 15) is 4.79 Å². The molecule has 0 bridgehead atoms. The van der Waals surface area contributed by atoms with Crippen LogP contribution in [-0.4, -0.2) is 6.41 Å². The van der Waals surface area contributed by atoms with Gasteiger partial charge in [0.05, 0.1) is 0 Å². The molecule has 0 aliphatic carbocycles. The zero-order valence-corrected chi connectivity index (χ0v) is 9.10. The highest BCUT2D eigenvalue weighted by Gasteiger charge is 2.00. The predicted molar refractivity (Wildman–Crippen MR) is 66.3 cm³/mol. The van der Waals surface area contributed by atoms with Crippen molar-refractivity contribution in [2.24, 2.45) is 0 Å². The van der Waals surface area contributed by atoms with E-state index in [1.807, 2.05) is 37.3 Å². The number of benzene rings is 2. The van der Waals surface area contributed by atoms with Crippen LogP contribution in [0, 0.1) is 6.92 Å². The van der Waals surface area contributed by atoms with E-state index >= 15 is 0 Å². The molecule has 0 aliphatic heterocycles. The highest BCUT2D eigenvalue weighted by atomic mass is 16.1. The monoisotopic (exact) mass is 211 g/mol. The number of hydrogen-bond donors (Lipinski definition) is 1. The minimum Gasteiger partial charge on any atom is -0.328 e. The molecule has 80 valence electrons. The Hall–Kier alpha value is -2.09. The third-order valence-electron chi connectivity index (χ3n) is 2.55. The normalized spacial score (nSPS) is 9.81. The maximum absolute atomic E-state index is 10.4. The van der Waals surface area contributed by atoms with Crippen LogP contribution in [0.3, 0.4) is 0 Å². The first-order valence-electron chi connectivity index (χ1n) is 5.17. The van der Waals surface area contributed by atoms with Crippen molar-refractivity contribution in [2.75, 3.05) is 5.32 Å². The summed E-state index contributed by atoms with van der Waals surface area (Å²) in [5, 5.41) is 2.67. The Morgan fingerprint density at radius 2 is 1.75 bits per heavy atom. The minimum absolute atomic E-state index is 0.699. The number of carbonyl (C=O) groups excluding carboxylic acids is 1. The highest BCUT2D eigenvalue weighted by Crippen LogP contribution is 2.24. The second-order valence-electron chi connectivity index (χ2n) is 3.66. The van der Waals surface area contributed by atoms with Crippen LogP contribution in [0.5, 0.6) is 0 Å². The Labute approximate surface area is 94.9 Å². The fraction of sp³-hybridized carbons (Fsp3) is 0.0714. The number of rotatable bonds is 3. The lowest BCUT2D eigenvalue weighted by atomic mass is 10.0. The van der Waals surface area contributed by atoms with Crippen LogP contribution in [0.1, 0.15) is 5.56 Å². The van der Waals surface area contributed by atoms with Gasteiger partial charge in [-0.1, -0.05) is 36.4 Å². The summed E-state index contributed by atoms with van der Waals surface area (Å²) in [5.74, 6) is 0. The summed E-state index contributed by atoms with van der Waals surface area (Å²) in [4.78, 5) is 10.4. The van der Waals surface area contributed by atoms with Crippen molar-refractivity contribution in [3.8, 4) is 11.1 Å². The van der Waals surface area contributed by atoms with Crippen molar-refractivity contribution in [1.29, 1.82) is 0 Å². The van der Waals surface area contributed by atoms with Gasteiger partial charge in [0.25, 0.3) is 0 Å². The Balaban J connectivity index is 2.38. The third-order valence-corrected chi connectivity index (χ3v) is 2.55. The predicted octanol–water partition coefficient (Wildman–Crippen LogP) is 3.23. The average molecular weight is 211 g/mol. The molecule has 2 nitrogen and oxygen atoms in total. The van der Waals surface area contributed by atoms with Crippen LogP contribution in [-0.2, 0) is 4.79 Å². The van der Waals surface area contributed by atoms with Crippen LogP contribution in [0.4, 0.5) is 5.69 Å². The van der Waals surface area contributed by atoms with Crippen LogP contribution < -0.4 is 5.32 Å². The standard InChI is InChI=1S/C14H13NO/c1-11-9-13(7-8-14(11)15-10-16)12-5-3-2-4-6-12/h2-10H,1H3,(H,15,16). The number of amides is 1. The van der Waals surface area contributed by atoms with Gasteiger partial charge in [-0.3, -0.25) is 4.79 Å². The van der Waals surface area contributed by atoms with Crippen molar-refractivity contribution in [2.45, 2.75) is 6.92 Å². The van der Waals surface area contributed by atoms with Gasteiger partial charge in [-0.15, -0.1) is 0 Å². The van der Waals surface area contributed by atoms with Gasteiger partial charge in [0.15, 0.2) is 0 Å². The van der Waals surface area contributed by atoms with E-state index in [1.165, 1.54) is 5.56 Å². The fourth-order valence-electron chi connectivity index (χ4n) is 1.70. The molecule has 0 saturated carbocycles. The second kappa shape index (κ2) is 4.62. The number of nitrogens with one attached hydrogen (secondary N) is 1. The molecule has 0 radical (unpaired) electrons. The molecule has 1 N–H and O–H groups in total. The van der Waals surface area contributed by atoms with Gasteiger partial charge >= 0.3 is 0 Å². The molecule has 0 saturated heterocycles. The molecule has 16 heavy (non-hydrogen) atoms. The summed E-state index contributed by atoms with van der Waals surface area (Å²) in [6.45, 7) is 1.98. The lowest BCUT2D eigenvalue weighted by molar-refractivity contribution is -0.105. The summed E-state index contributed by atoms with van der Waals surface area (Å²) in [6, 6.07) is 16.2. The van der Waals surface area contributed by atoms with E-state index in [4.69, 9.17) is 0 Å². The lowest BCUT2D eigenvalue weighted by Gasteiger charge is -2.07. The van der Waals surface area contributed by atoms with Gasteiger partial charge in [-0.2, -0.15) is 0 Å². The summed E-state index contributed by atoms with van der Waals surface area (Å²) < 4.78 is 0. The smallest absolute Gasteiger partial charge is 0.211 e. The molecule has 0 spiro atoms. The van der Waals surface area contributed by atoms with Crippen LogP contribution >= 0.6 is 0 Å². The number of hydrogen-bond acceptors (Lipinski definition) is 1. The molecule has 0 aromatic heterocycles. The van der Waals surface area contributed by atoms with Crippen molar-refractivity contribution < 1.29 is 4.79 Å². The van der Waals surface area contributed by atoms with Crippen molar-refractivity contribution in [3.05, 3.63) is 54.1 Å². The van der Waals surface area contributed by atoms with Gasteiger partial charge in [0.2, 0.25) is 6.41 Å². The first-order chi connectivity index (χ1) is 7.81. The first kappa shape index (κ1) is 10.4. The lowest BCUT2D eigenvalue weighted by Crippen LogP contribution is -1.96. The summed E-state index contributed by atoms with van der Waals surface area (Å²) in [6.07, 6.45) is 0.699. The van der Waals surface area contributed by atoms with E-state index in [0.29, 0.717) is 6.41 Å². The average Bonchev–Trinajstić information content (AvgIpc) is 2.33. The van der Waals surface area contributed by atoms with Crippen LogP contribution in [0.25, 0.3) is 11.1 Å². The number of aryl methyl sites for hydroxylation is 1. The summed E-state index contributed by atoms with van der Waals surface area (Å²) in [5.41, 5.74) is 4.26. The molecule has 1 amide bonds. The van der Waals surface area contributed by atoms with Crippen LogP contribution in [0.2, 0.25) is 0 Å². The molecule has 2 aromatic carbocycles. The third kappa shape index (κ3) is 2.11. The fourth-order valence-corrected chi connectivity index (χ4v) is 1.70. The van der Waals surface area contributed by atoms with Crippen molar-refractivity contribution in [3.63, 3.8) is 0 Å². The second-order valence-corrected chi connectivity index (χ2v) is 3.66. The Morgan fingerprint density at radius 3 is 2.38 bits per heavy atom. The van der Waals surface area contributed by atoms with E-state index < -0.39 is 0 Å². The highest BCUT2D eigenvalue weighted by molar-refractivity contribution is 5.76. The molecular weight excluding hydrogens is 198 g/mol. The largest absolute Gasteiger partial charge is 0.328 e. The molecule has 0 atom stereocenters. The van der Waals surface area contributed by atoms with Crippen LogP contribution in [0.15, 0.2) is 48.5 Å². The maximum atomic E-state index is 10.4. The quantitative estimate of drug-likeness (QED) is 0.776. The Morgan fingerprint density at radius 1 is 1.00 bits per heavy atom. The molecular formula is C14H13NO. The first-order valence-corrected chi connectivity index (χ1v) is 5.17. The van der Waals surface area contributed by atoms with E-state index in [1.54, 1.807) is 0 Å². The topological polar surface area (TPSA) is 29.1 Å². The van der Waals surface area contributed by atoms with Crippen molar-refractivity contribution in [1.82, 2.24) is 0 Å². The SMILES string of the molecule is Cc1cc(-c2ccccc2)ccc1NC=O. The molecule has 0 heterocycles. The number of carbonyl (C=O) groups is 1. The zero-order valence-electron chi connectivity index (χ0n) is 9.10. The molecule has 2 aromatic rings. The van der Waals surface area contributed by atoms with Gasteiger partial charge in [-0.25, -0.2) is 0 Å². The minimum atomic E-state index is 0.699. The van der Waals surface area contributed by atoms with E-state index in [0.717, 1.165) is 16.8 Å².